The van der Waals surface area contributed by atoms with Crippen LogP contribution in [0.5, 0.6) is 5.75 Å². The van der Waals surface area contributed by atoms with E-state index in [0.717, 1.165) is 42.3 Å². The molecule has 7 heteroatoms. The van der Waals surface area contributed by atoms with Crippen molar-refractivity contribution in [1.29, 1.82) is 0 Å². The minimum atomic E-state index is 0.0669. The number of aryl methyl sites for hydroxylation is 1. The molecule has 0 aliphatic carbocycles. The number of aromatic nitrogens is 2. The molecule has 0 N–H and O–H groups in total. The number of halogens is 1. The number of amides is 1. The Hall–Kier alpha value is -3.61. The summed E-state index contributed by atoms with van der Waals surface area (Å²) in [6, 6.07) is 25.2. The normalized spacial score (nSPS) is 14.1. The van der Waals surface area contributed by atoms with Crippen LogP contribution in [0.15, 0.2) is 78.9 Å². The summed E-state index contributed by atoms with van der Waals surface area (Å²) in [7, 11) is 0. The quantitative estimate of drug-likeness (QED) is 0.318. The first-order chi connectivity index (χ1) is 18.0. The van der Waals surface area contributed by atoms with Crippen molar-refractivity contribution in [1.82, 2.24) is 19.6 Å². The van der Waals surface area contributed by atoms with E-state index in [1.807, 2.05) is 64.2 Å². The third-order valence-corrected chi connectivity index (χ3v) is 7.13. The Morgan fingerprint density at radius 1 is 0.919 bits per heavy atom. The Morgan fingerprint density at radius 3 is 2.38 bits per heavy atom. The molecule has 0 spiro atoms. The number of ether oxygens (including phenoxy) is 1. The van der Waals surface area contributed by atoms with Gasteiger partial charge in [-0.25, -0.2) is 4.68 Å². The van der Waals surface area contributed by atoms with Crippen molar-refractivity contribution in [3.63, 3.8) is 0 Å². The van der Waals surface area contributed by atoms with Crippen molar-refractivity contribution in [2.24, 2.45) is 0 Å². The fourth-order valence-electron chi connectivity index (χ4n) is 4.73. The molecule has 190 valence electrons. The van der Waals surface area contributed by atoms with Crippen LogP contribution in [0.3, 0.4) is 0 Å². The van der Waals surface area contributed by atoms with E-state index in [1.165, 1.54) is 11.3 Å². The van der Waals surface area contributed by atoms with Gasteiger partial charge in [-0.15, -0.1) is 0 Å². The molecule has 1 aliphatic heterocycles. The predicted molar refractivity (Wildman–Crippen MR) is 146 cm³/mol. The zero-order valence-electron chi connectivity index (χ0n) is 21.2. The van der Waals surface area contributed by atoms with Gasteiger partial charge in [-0.05, 0) is 67.9 Å². The van der Waals surface area contributed by atoms with Crippen LogP contribution in [-0.2, 0) is 13.2 Å². The van der Waals surface area contributed by atoms with E-state index in [2.05, 4.69) is 30.9 Å². The molecule has 0 unspecified atom stereocenters. The summed E-state index contributed by atoms with van der Waals surface area (Å²) in [5, 5.41) is 5.46. The highest BCUT2D eigenvalue weighted by molar-refractivity contribution is 6.30. The van der Waals surface area contributed by atoms with E-state index in [1.54, 1.807) is 12.1 Å². The monoisotopic (exact) mass is 514 g/mol. The molecule has 1 saturated heterocycles. The number of nitrogens with zero attached hydrogens (tertiary/aromatic N) is 4. The van der Waals surface area contributed by atoms with Gasteiger partial charge in [-0.3, -0.25) is 9.69 Å². The zero-order chi connectivity index (χ0) is 25.8. The number of para-hydroxylation sites is 1. The summed E-state index contributed by atoms with van der Waals surface area (Å²) in [6.45, 7) is 8.51. The first kappa shape index (κ1) is 25.1. The van der Waals surface area contributed by atoms with Gasteiger partial charge in [-0.1, -0.05) is 41.9 Å². The zero-order valence-corrected chi connectivity index (χ0v) is 22.0. The summed E-state index contributed by atoms with van der Waals surface area (Å²) in [5.74, 6) is 0.814. The number of hydrogen-bond acceptors (Lipinski definition) is 4. The van der Waals surface area contributed by atoms with Crippen molar-refractivity contribution in [2.75, 3.05) is 26.2 Å². The third-order valence-electron chi connectivity index (χ3n) is 6.88. The Labute approximate surface area is 223 Å². The molecular weight excluding hydrogens is 484 g/mol. The third kappa shape index (κ3) is 5.87. The van der Waals surface area contributed by atoms with E-state index in [4.69, 9.17) is 21.4 Å². The number of carbonyl (C=O) groups is 1. The molecule has 1 fully saturated rings. The fourth-order valence-corrected chi connectivity index (χ4v) is 4.86. The van der Waals surface area contributed by atoms with E-state index in [-0.39, 0.29) is 5.91 Å². The maximum Gasteiger partial charge on any atom is 0.253 e. The summed E-state index contributed by atoms with van der Waals surface area (Å²) < 4.78 is 7.87. The molecule has 6 nitrogen and oxygen atoms in total. The molecule has 0 saturated carbocycles. The van der Waals surface area contributed by atoms with Crippen LogP contribution in [0.25, 0.3) is 5.69 Å². The van der Waals surface area contributed by atoms with Crippen LogP contribution in [0.2, 0.25) is 5.02 Å². The highest BCUT2D eigenvalue weighted by Gasteiger charge is 2.24. The highest BCUT2D eigenvalue weighted by atomic mass is 35.5. The minimum absolute atomic E-state index is 0.0669. The van der Waals surface area contributed by atoms with Gasteiger partial charge in [0.05, 0.1) is 11.4 Å². The lowest BCUT2D eigenvalue weighted by molar-refractivity contribution is 0.0627. The van der Waals surface area contributed by atoms with Crippen LogP contribution in [0, 0.1) is 13.8 Å². The standard InChI is InChI=1S/C30H31ClN4O2/c1-22-29(23(2)35(32-22)27-9-4-3-5-10-27)20-33-15-17-34(18-16-33)30(36)25-8-6-7-24(19-25)21-37-28-13-11-26(31)12-14-28/h3-14,19H,15-18,20-21H2,1-2H3. The van der Waals surface area contributed by atoms with Gasteiger partial charge >= 0.3 is 0 Å². The van der Waals surface area contributed by atoms with Crippen LogP contribution in [0.4, 0.5) is 0 Å². The van der Waals surface area contributed by atoms with Gasteiger partial charge in [0.2, 0.25) is 0 Å². The van der Waals surface area contributed by atoms with Crippen LogP contribution in [0.1, 0.15) is 32.9 Å². The average molecular weight is 515 g/mol. The van der Waals surface area contributed by atoms with Gasteiger partial charge in [0.25, 0.3) is 5.91 Å². The van der Waals surface area contributed by atoms with Crippen molar-refractivity contribution in [3.8, 4) is 11.4 Å². The maximum absolute atomic E-state index is 13.2. The second kappa shape index (κ2) is 11.2. The van der Waals surface area contributed by atoms with Crippen LogP contribution >= 0.6 is 11.6 Å². The van der Waals surface area contributed by atoms with E-state index in [0.29, 0.717) is 30.3 Å². The lowest BCUT2D eigenvalue weighted by Gasteiger charge is -2.35. The first-order valence-electron chi connectivity index (χ1n) is 12.6. The molecule has 2 heterocycles. The van der Waals surface area contributed by atoms with Crippen LogP contribution in [-0.4, -0.2) is 51.7 Å². The number of hydrogen-bond donors (Lipinski definition) is 0. The molecule has 0 radical (unpaired) electrons. The Morgan fingerprint density at radius 2 is 1.65 bits per heavy atom. The Bertz CT molecular complexity index is 1360. The van der Waals surface area contributed by atoms with Crippen molar-refractivity contribution >= 4 is 17.5 Å². The van der Waals surface area contributed by atoms with Gasteiger partial charge in [0.15, 0.2) is 0 Å². The summed E-state index contributed by atoms with van der Waals surface area (Å²) >= 11 is 5.94. The molecular formula is C30H31ClN4O2. The van der Waals surface area contributed by atoms with Crippen molar-refractivity contribution in [3.05, 3.63) is 112 Å². The number of benzene rings is 3. The second-order valence-corrected chi connectivity index (χ2v) is 9.84. The highest BCUT2D eigenvalue weighted by Crippen LogP contribution is 2.21. The Kier molecular flexibility index (Phi) is 7.58. The van der Waals surface area contributed by atoms with Crippen molar-refractivity contribution < 1.29 is 9.53 Å². The first-order valence-corrected chi connectivity index (χ1v) is 12.9. The molecule has 1 amide bonds. The molecule has 5 rings (SSSR count). The van der Waals surface area contributed by atoms with Crippen LogP contribution < -0.4 is 4.74 Å². The van der Waals surface area contributed by atoms with E-state index < -0.39 is 0 Å². The fraction of sp³-hybridized carbons (Fsp3) is 0.267. The minimum Gasteiger partial charge on any atom is -0.489 e. The van der Waals surface area contributed by atoms with Gasteiger partial charge in [-0.2, -0.15) is 5.10 Å². The molecule has 0 atom stereocenters. The average Bonchev–Trinajstić information content (AvgIpc) is 3.22. The molecule has 1 aliphatic rings. The van der Waals surface area contributed by atoms with Gasteiger partial charge in [0, 0.05) is 54.6 Å². The lowest BCUT2D eigenvalue weighted by Crippen LogP contribution is -2.48. The maximum atomic E-state index is 13.2. The van der Waals surface area contributed by atoms with Gasteiger partial charge in [0.1, 0.15) is 12.4 Å². The predicted octanol–water partition coefficient (Wildman–Crippen LogP) is 5.68. The molecule has 4 aromatic rings. The molecule has 37 heavy (non-hydrogen) atoms. The smallest absolute Gasteiger partial charge is 0.253 e. The second-order valence-electron chi connectivity index (χ2n) is 9.41. The van der Waals surface area contributed by atoms with E-state index in [9.17, 15) is 4.79 Å². The molecule has 0 bridgehead atoms. The van der Waals surface area contributed by atoms with Crippen molar-refractivity contribution in [2.45, 2.75) is 27.0 Å². The largest absolute Gasteiger partial charge is 0.489 e. The topological polar surface area (TPSA) is 50.6 Å². The molecule has 1 aromatic heterocycles. The summed E-state index contributed by atoms with van der Waals surface area (Å²) in [5.41, 5.74) is 6.21. The number of rotatable bonds is 7. The summed E-state index contributed by atoms with van der Waals surface area (Å²) in [6.07, 6.45) is 0. The number of carbonyl (C=O) groups excluding carboxylic acids is 1. The number of piperazine rings is 1. The Balaban J connectivity index is 1.17. The molecule has 3 aromatic carbocycles. The SMILES string of the molecule is Cc1nn(-c2ccccc2)c(C)c1CN1CCN(C(=O)c2cccc(COc3ccc(Cl)cc3)c2)CC1. The van der Waals surface area contributed by atoms with E-state index >= 15 is 0 Å². The van der Waals surface area contributed by atoms with Gasteiger partial charge < -0.3 is 9.64 Å². The summed E-state index contributed by atoms with van der Waals surface area (Å²) in [4.78, 5) is 17.6. The lowest BCUT2D eigenvalue weighted by atomic mass is 10.1.